The van der Waals surface area contributed by atoms with E-state index >= 15 is 0 Å². The van der Waals surface area contributed by atoms with E-state index in [1.807, 2.05) is 54.5 Å². The number of aliphatic hydroxyl groups is 1. The Labute approximate surface area is 201 Å². The Hall–Kier alpha value is -3.72. The van der Waals surface area contributed by atoms with Crippen LogP contribution in [0.15, 0.2) is 53.6 Å². The van der Waals surface area contributed by atoms with Crippen LogP contribution >= 0.6 is 0 Å². The lowest BCUT2D eigenvalue weighted by Crippen LogP contribution is -2.55. The molecule has 2 aliphatic rings. The first-order chi connectivity index (χ1) is 17.0. The van der Waals surface area contributed by atoms with Gasteiger partial charge in [0.15, 0.2) is 0 Å². The zero-order chi connectivity index (χ0) is 24.2. The van der Waals surface area contributed by atoms with E-state index in [9.17, 15) is 9.59 Å². The summed E-state index contributed by atoms with van der Waals surface area (Å²) in [4.78, 5) is 31.4. The lowest BCUT2D eigenvalue weighted by atomic mass is 9.49. The van der Waals surface area contributed by atoms with Gasteiger partial charge >= 0.3 is 0 Å². The number of aliphatic hydroxyl groups excluding tert-OH is 1. The van der Waals surface area contributed by atoms with Gasteiger partial charge in [0.05, 0.1) is 23.9 Å². The Morgan fingerprint density at radius 3 is 2.77 bits per heavy atom. The van der Waals surface area contributed by atoms with Crippen molar-refractivity contribution in [3.05, 3.63) is 70.5 Å². The average molecular weight is 473 g/mol. The summed E-state index contributed by atoms with van der Waals surface area (Å²) in [6.45, 7) is 0.606. The zero-order valence-corrected chi connectivity index (χ0v) is 19.6. The molecule has 4 aromatic rings. The van der Waals surface area contributed by atoms with Gasteiger partial charge in [0.1, 0.15) is 11.3 Å². The third-order valence-electron chi connectivity index (χ3n) is 7.77. The summed E-state index contributed by atoms with van der Waals surface area (Å²) in [6.07, 6.45) is 7.44. The molecule has 0 atom stereocenters. The molecular weight excluding hydrogens is 444 g/mol. The molecule has 0 radical (unpaired) electrons. The van der Waals surface area contributed by atoms with Gasteiger partial charge in [0, 0.05) is 48.9 Å². The molecule has 3 N–H and O–H groups in total. The van der Waals surface area contributed by atoms with Gasteiger partial charge in [-0.05, 0) is 43.2 Å². The van der Waals surface area contributed by atoms with Crippen LogP contribution in [0.25, 0.3) is 16.4 Å². The molecule has 180 valence electrons. The van der Waals surface area contributed by atoms with Crippen molar-refractivity contribution in [1.82, 2.24) is 24.9 Å². The zero-order valence-electron chi connectivity index (χ0n) is 19.6. The predicted octanol–water partition coefficient (Wildman–Crippen LogP) is 2.46. The number of amides is 1. The minimum absolute atomic E-state index is 0.0748. The van der Waals surface area contributed by atoms with E-state index in [-0.39, 0.29) is 29.5 Å². The number of nitrogens with zero attached hydrogens (tertiary/aromatic N) is 4. The number of carbonyl (C=O) groups is 1. The van der Waals surface area contributed by atoms with Crippen LogP contribution in [-0.4, -0.2) is 56.8 Å². The second-order valence-corrected chi connectivity index (χ2v) is 10.1. The number of H-pyrrole nitrogens is 1. The highest BCUT2D eigenvalue weighted by molar-refractivity contribution is 5.93. The Kier molecular flexibility index (Phi) is 5.10. The fraction of sp³-hybridized carbons (Fsp3) is 0.385. The number of pyridine rings is 1. The lowest BCUT2D eigenvalue weighted by molar-refractivity contribution is -0.0197. The summed E-state index contributed by atoms with van der Waals surface area (Å²) in [5.74, 6) is 0.225. The maximum absolute atomic E-state index is 13.0. The molecule has 0 unspecified atom stereocenters. The number of imidazole rings is 1. The minimum atomic E-state index is -0.148. The van der Waals surface area contributed by atoms with Crippen molar-refractivity contribution in [1.29, 1.82) is 0 Å². The van der Waals surface area contributed by atoms with Crippen LogP contribution < -0.4 is 15.8 Å². The predicted molar refractivity (Wildman–Crippen MR) is 133 cm³/mol. The Bertz CT molecular complexity index is 1480. The summed E-state index contributed by atoms with van der Waals surface area (Å²) in [5, 5.41) is 21.0. The normalized spacial score (nSPS) is 23.3. The maximum Gasteiger partial charge on any atom is 0.272 e. The number of likely N-dealkylation sites (N-methyl/N-ethyl adjacent to an activating group) is 1. The quantitative estimate of drug-likeness (QED) is 0.397. The van der Waals surface area contributed by atoms with Crippen LogP contribution in [-0.2, 0) is 0 Å². The molecule has 2 fully saturated rings. The molecule has 2 aliphatic carbocycles. The van der Waals surface area contributed by atoms with Gasteiger partial charge in [-0.15, -0.1) is 0 Å². The van der Waals surface area contributed by atoms with E-state index in [0.717, 1.165) is 42.5 Å². The number of anilines is 1. The van der Waals surface area contributed by atoms with E-state index in [2.05, 4.69) is 20.5 Å². The molecule has 0 saturated heterocycles. The Morgan fingerprint density at radius 2 is 2.00 bits per heavy atom. The summed E-state index contributed by atoms with van der Waals surface area (Å²) < 4.78 is 1.80. The van der Waals surface area contributed by atoms with Gasteiger partial charge in [0.2, 0.25) is 0 Å². The first-order valence-corrected chi connectivity index (χ1v) is 12.0. The van der Waals surface area contributed by atoms with E-state index in [0.29, 0.717) is 29.2 Å². The van der Waals surface area contributed by atoms with Gasteiger partial charge in [-0.3, -0.25) is 14.0 Å². The molecule has 1 aromatic carbocycles. The van der Waals surface area contributed by atoms with Gasteiger partial charge in [-0.25, -0.2) is 10.1 Å². The first kappa shape index (κ1) is 21.8. The molecule has 9 heteroatoms. The minimum Gasteiger partial charge on any atom is -0.395 e. The number of rotatable bonds is 6. The number of hydrogen-bond donors (Lipinski definition) is 3. The van der Waals surface area contributed by atoms with Crippen LogP contribution in [0.4, 0.5) is 5.69 Å². The second-order valence-electron chi connectivity index (χ2n) is 10.1. The van der Waals surface area contributed by atoms with E-state index in [1.165, 1.54) is 0 Å². The van der Waals surface area contributed by atoms with Crippen LogP contribution in [0.3, 0.4) is 0 Å². The molecule has 1 amide bonds. The van der Waals surface area contributed by atoms with E-state index in [4.69, 9.17) is 5.11 Å². The highest BCUT2D eigenvalue weighted by atomic mass is 16.3. The molecular formula is C26H28N6O3. The van der Waals surface area contributed by atoms with Gasteiger partial charge < -0.3 is 15.3 Å². The van der Waals surface area contributed by atoms with E-state index in [1.54, 1.807) is 10.6 Å². The van der Waals surface area contributed by atoms with Gasteiger partial charge in [-0.1, -0.05) is 18.2 Å². The smallest absolute Gasteiger partial charge is 0.272 e. The third-order valence-corrected chi connectivity index (χ3v) is 7.77. The molecule has 6 rings (SSSR count). The summed E-state index contributed by atoms with van der Waals surface area (Å²) >= 11 is 0. The maximum atomic E-state index is 13.0. The molecule has 0 bridgehead atoms. The van der Waals surface area contributed by atoms with Crippen LogP contribution in [0.1, 0.15) is 47.8 Å². The number of aromatic nitrogens is 4. The Morgan fingerprint density at radius 1 is 1.23 bits per heavy atom. The van der Waals surface area contributed by atoms with E-state index < -0.39 is 0 Å². The molecule has 1 spiro atoms. The largest absolute Gasteiger partial charge is 0.395 e. The van der Waals surface area contributed by atoms with Crippen molar-refractivity contribution in [3.63, 3.8) is 0 Å². The van der Waals surface area contributed by atoms with Crippen LogP contribution in [0.5, 0.6) is 0 Å². The fourth-order valence-electron chi connectivity index (χ4n) is 5.96. The van der Waals surface area contributed by atoms with Crippen molar-refractivity contribution in [3.8, 4) is 0 Å². The SMILES string of the molecule is CN(CCO)c1ccn2c(C(=O)N[C@H]3CC4(C3)C[C@H](c3n[nH]c(=O)c5ccccc53)C4)cnc2c1. The number of aromatic amines is 1. The second kappa shape index (κ2) is 8.20. The number of nitrogens with one attached hydrogen (secondary N) is 2. The lowest BCUT2D eigenvalue weighted by Gasteiger charge is -2.57. The van der Waals surface area contributed by atoms with Crippen molar-refractivity contribution in [2.45, 2.75) is 37.6 Å². The number of carbonyl (C=O) groups excluding carboxylic acids is 1. The van der Waals surface area contributed by atoms with Crippen molar-refractivity contribution >= 4 is 28.0 Å². The molecule has 9 nitrogen and oxygen atoms in total. The highest BCUT2D eigenvalue weighted by Gasteiger charge is 2.54. The summed E-state index contributed by atoms with van der Waals surface area (Å²) in [7, 11) is 1.91. The van der Waals surface area contributed by atoms with Crippen LogP contribution in [0.2, 0.25) is 0 Å². The van der Waals surface area contributed by atoms with Crippen molar-refractivity contribution in [2.24, 2.45) is 5.41 Å². The average Bonchev–Trinajstić information content (AvgIpc) is 3.24. The molecule has 3 heterocycles. The van der Waals surface area contributed by atoms with Crippen molar-refractivity contribution in [2.75, 3.05) is 25.1 Å². The standard InChI is InChI=1S/C26H28N6O3/c1-31(8-9-33)18-6-7-32-21(15-27-22(32)10-18)25(35)28-17-13-26(14-17)11-16(12-26)23-19-4-2-3-5-20(19)24(34)30-29-23/h2-7,10,15-17,33H,8-9,11-14H2,1H3,(H,28,35)(H,30,34)/t16-,17-,26?. The first-order valence-electron chi connectivity index (χ1n) is 12.0. The highest BCUT2D eigenvalue weighted by Crippen LogP contribution is 2.62. The monoisotopic (exact) mass is 472 g/mol. The third kappa shape index (κ3) is 3.67. The number of fused-ring (bicyclic) bond motifs is 2. The topological polar surface area (TPSA) is 116 Å². The Balaban J connectivity index is 1.09. The fourth-order valence-corrected chi connectivity index (χ4v) is 5.96. The number of hydrogen-bond acceptors (Lipinski definition) is 6. The van der Waals surface area contributed by atoms with Crippen molar-refractivity contribution < 1.29 is 9.90 Å². The van der Waals surface area contributed by atoms with Gasteiger partial charge in [-0.2, -0.15) is 5.10 Å². The summed E-state index contributed by atoms with van der Waals surface area (Å²) in [5.41, 5.74) is 3.25. The number of benzene rings is 1. The molecule has 3 aromatic heterocycles. The molecule has 35 heavy (non-hydrogen) atoms. The summed E-state index contributed by atoms with van der Waals surface area (Å²) in [6, 6.07) is 11.6. The molecule has 2 saturated carbocycles. The van der Waals surface area contributed by atoms with Gasteiger partial charge in [0.25, 0.3) is 11.5 Å². The van der Waals surface area contributed by atoms with Crippen LogP contribution in [0, 0.1) is 5.41 Å². The molecule has 0 aliphatic heterocycles.